The summed E-state index contributed by atoms with van der Waals surface area (Å²) in [5, 5.41) is 1.79. The van der Waals surface area contributed by atoms with Crippen molar-refractivity contribution in [2.24, 2.45) is 23.2 Å². The van der Waals surface area contributed by atoms with Gasteiger partial charge in [-0.15, -0.1) is 11.3 Å². The molecule has 1 aliphatic heterocycles. The summed E-state index contributed by atoms with van der Waals surface area (Å²) in [6, 6.07) is 3.43. The number of hydrogen-bond acceptors (Lipinski definition) is 4. The van der Waals surface area contributed by atoms with Gasteiger partial charge in [-0.3, -0.25) is 4.79 Å². The summed E-state index contributed by atoms with van der Waals surface area (Å²) in [6.07, 6.45) is 7.22. The van der Waals surface area contributed by atoms with Gasteiger partial charge in [0.05, 0.1) is 5.41 Å². The Morgan fingerprint density at radius 2 is 1.58 bits per heavy atom. The van der Waals surface area contributed by atoms with Gasteiger partial charge in [0.25, 0.3) is 10.0 Å². The standard InChI is InChI=1S/C19H26N2O3S2/c22-18(19-11-14-8-15(12-19)10-16(9-14)13-19)20-3-5-21(6-4-20)26(23,24)17-2-1-7-25-17/h1-2,7,14-16H,3-6,8-13H2. The van der Waals surface area contributed by atoms with Gasteiger partial charge in [0, 0.05) is 26.2 Å². The van der Waals surface area contributed by atoms with E-state index in [-0.39, 0.29) is 5.41 Å². The van der Waals surface area contributed by atoms with Crippen LogP contribution in [-0.4, -0.2) is 49.7 Å². The van der Waals surface area contributed by atoms with Crippen LogP contribution >= 0.6 is 11.3 Å². The highest BCUT2D eigenvalue weighted by atomic mass is 32.2. The van der Waals surface area contributed by atoms with E-state index in [1.54, 1.807) is 21.8 Å². The van der Waals surface area contributed by atoms with Crippen molar-refractivity contribution in [1.29, 1.82) is 0 Å². The average molecular weight is 395 g/mol. The lowest BCUT2D eigenvalue weighted by Gasteiger charge is -2.57. The normalized spacial score (nSPS) is 37.2. The van der Waals surface area contributed by atoms with Crippen LogP contribution in [0.4, 0.5) is 0 Å². The first-order chi connectivity index (χ1) is 12.5. The molecular formula is C19H26N2O3S2. The van der Waals surface area contributed by atoms with Crippen molar-refractivity contribution in [2.45, 2.75) is 42.7 Å². The summed E-state index contributed by atoms with van der Waals surface area (Å²) in [7, 11) is -3.40. The van der Waals surface area contributed by atoms with Gasteiger partial charge in [-0.25, -0.2) is 8.42 Å². The van der Waals surface area contributed by atoms with Gasteiger partial charge >= 0.3 is 0 Å². The second-order valence-corrected chi connectivity index (χ2v) is 11.9. The van der Waals surface area contributed by atoms with Crippen LogP contribution in [0.2, 0.25) is 0 Å². The maximum absolute atomic E-state index is 13.4. The Kier molecular flexibility index (Phi) is 4.00. The van der Waals surface area contributed by atoms with E-state index in [0.717, 1.165) is 37.0 Å². The molecule has 2 heterocycles. The van der Waals surface area contributed by atoms with E-state index in [1.807, 2.05) is 4.90 Å². The molecule has 1 amide bonds. The average Bonchev–Trinajstić information content (AvgIpc) is 3.15. The molecule has 4 saturated carbocycles. The first-order valence-corrected chi connectivity index (χ1v) is 12.1. The number of carbonyl (C=O) groups is 1. The van der Waals surface area contributed by atoms with Gasteiger partial charge in [0.15, 0.2) is 0 Å². The zero-order valence-corrected chi connectivity index (χ0v) is 16.6. The number of amides is 1. The molecule has 0 spiro atoms. The zero-order valence-electron chi connectivity index (χ0n) is 15.0. The number of hydrogen-bond donors (Lipinski definition) is 0. The summed E-state index contributed by atoms with van der Waals surface area (Å²) < 4.78 is 27.3. The molecule has 0 unspecified atom stereocenters. The Morgan fingerprint density at radius 3 is 2.08 bits per heavy atom. The van der Waals surface area contributed by atoms with E-state index >= 15 is 0 Å². The number of nitrogens with zero attached hydrogens (tertiary/aromatic N) is 2. The molecule has 1 aromatic heterocycles. The van der Waals surface area contributed by atoms with Crippen LogP contribution in [0, 0.1) is 23.2 Å². The molecule has 4 bridgehead atoms. The predicted octanol–water partition coefficient (Wildman–Crippen LogP) is 2.80. The molecule has 4 aliphatic carbocycles. The molecule has 0 atom stereocenters. The van der Waals surface area contributed by atoms with Gasteiger partial charge in [-0.05, 0) is 67.7 Å². The molecule has 1 saturated heterocycles. The van der Waals surface area contributed by atoms with Crippen LogP contribution in [-0.2, 0) is 14.8 Å². The maximum Gasteiger partial charge on any atom is 0.252 e. The van der Waals surface area contributed by atoms with Crippen molar-refractivity contribution in [3.05, 3.63) is 17.5 Å². The lowest BCUT2D eigenvalue weighted by Crippen LogP contribution is -2.58. The van der Waals surface area contributed by atoms with Crippen LogP contribution in [0.1, 0.15) is 38.5 Å². The summed E-state index contributed by atoms with van der Waals surface area (Å²) in [4.78, 5) is 15.4. The minimum atomic E-state index is -3.40. The molecule has 142 valence electrons. The van der Waals surface area contributed by atoms with Gasteiger partial charge in [0.2, 0.25) is 5.91 Å². The number of sulfonamides is 1. The van der Waals surface area contributed by atoms with Gasteiger partial charge < -0.3 is 4.90 Å². The minimum Gasteiger partial charge on any atom is -0.340 e. The highest BCUT2D eigenvalue weighted by molar-refractivity contribution is 7.91. The lowest BCUT2D eigenvalue weighted by molar-refractivity contribution is -0.158. The van der Waals surface area contributed by atoms with Crippen molar-refractivity contribution in [3.63, 3.8) is 0 Å². The summed E-state index contributed by atoms with van der Waals surface area (Å²) >= 11 is 1.26. The highest BCUT2D eigenvalue weighted by Gasteiger charge is 2.55. The second kappa shape index (κ2) is 6.04. The van der Waals surface area contributed by atoms with Gasteiger partial charge in [-0.2, -0.15) is 4.31 Å². The fourth-order valence-corrected chi connectivity index (χ4v) is 8.94. The summed E-state index contributed by atoms with van der Waals surface area (Å²) in [5.74, 6) is 2.59. The molecule has 6 rings (SSSR count). The number of piperazine rings is 1. The van der Waals surface area contributed by atoms with Crippen LogP contribution in [0.3, 0.4) is 0 Å². The first-order valence-electron chi connectivity index (χ1n) is 9.79. The number of rotatable bonds is 3. The Hall–Kier alpha value is -0.920. The number of carbonyl (C=O) groups excluding carboxylic acids is 1. The van der Waals surface area contributed by atoms with Crippen LogP contribution < -0.4 is 0 Å². The second-order valence-electron chi connectivity index (χ2n) is 8.83. The van der Waals surface area contributed by atoms with E-state index in [4.69, 9.17) is 0 Å². The quantitative estimate of drug-likeness (QED) is 0.792. The van der Waals surface area contributed by atoms with Crippen molar-refractivity contribution < 1.29 is 13.2 Å². The van der Waals surface area contributed by atoms with E-state index in [0.29, 0.717) is 36.3 Å². The topological polar surface area (TPSA) is 57.7 Å². The molecule has 5 fully saturated rings. The smallest absolute Gasteiger partial charge is 0.252 e. The Bertz CT molecular complexity index is 759. The summed E-state index contributed by atoms with van der Waals surface area (Å²) in [5.41, 5.74) is -0.121. The molecule has 5 aliphatic rings. The van der Waals surface area contributed by atoms with Crippen LogP contribution in [0.5, 0.6) is 0 Å². The monoisotopic (exact) mass is 394 g/mol. The van der Waals surface area contributed by atoms with Crippen LogP contribution in [0.15, 0.2) is 21.7 Å². The van der Waals surface area contributed by atoms with E-state index in [9.17, 15) is 13.2 Å². The van der Waals surface area contributed by atoms with Crippen molar-refractivity contribution >= 4 is 27.3 Å². The maximum atomic E-state index is 13.4. The Balaban J connectivity index is 1.28. The molecule has 7 heteroatoms. The number of thiophene rings is 1. The van der Waals surface area contributed by atoms with Gasteiger partial charge in [0.1, 0.15) is 4.21 Å². The largest absolute Gasteiger partial charge is 0.340 e. The van der Waals surface area contributed by atoms with Crippen molar-refractivity contribution in [2.75, 3.05) is 26.2 Å². The fourth-order valence-electron chi connectivity index (χ4n) is 6.38. The van der Waals surface area contributed by atoms with Crippen molar-refractivity contribution in [3.8, 4) is 0 Å². The molecule has 0 aromatic carbocycles. The lowest BCUT2D eigenvalue weighted by atomic mass is 9.49. The van der Waals surface area contributed by atoms with Crippen molar-refractivity contribution in [1.82, 2.24) is 9.21 Å². The molecule has 0 radical (unpaired) electrons. The van der Waals surface area contributed by atoms with E-state index in [1.165, 1.54) is 30.6 Å². The predicted molar refractivity (Wildman–Crippen MR) is 100 cm³/mol. The SMILES string of the molecule is O=C(N1CCN(S(=O)(=O)c2cccs2)CC1)C12CC3CC(CC(C3)C1)C2. The zero-order chi connectivity index (χ0) is 17.9. The molecule has 0 N–H and O–H groups in total. The molecule has 26 heavy (non-hydrogen) atoms. The third-order valence-corrected chi connectivity index (χ3v) is 10.4. The first kappa shape index (κ1) is 17.2. The Labute approximate surface area is 159 Å². The molecule has 1 aromatic rings. The van der Waals surface area contributed by atoms with Crippen LogP contribution in [0.25, 0.3) is 0 Å². The fraction of sp³-hybridized carbons (Fsp3) is 0.737. The molecule has 5 nitrogen and oxygen atoms in total. The highest BCUT2D eigenvalue weighted by Crippen LogP contribution is 2.60. The van der Waals surface area contributed by atoms with E-state index in [2.05, 4.69) is 0 Å². The third kappa shape index (κ3) is 2.66. The van der Waals surface area contributed by atoms with E-state index < -0.39 is 10.0 Å². The molecular weight excluding hydrogens is 368 g/mol. The van der Waals surface area contributed by atoms with Gasteiger partial charge in [-0.1, -0.05) is 6.07 Å². The third-order valence-electron chi connectivity index (χ3n) is 7.11. The Morgan fingerprint density at radius 1 is 1.00 bits per heavy atom. The minimum absolute atomic E-state index is 0.121. The summed E-state index contributed by atoms with van der Waals surface area (Å²) in [6.45, 7) is 1.90.